The second kappa shape index (κ2) is 5.33. The third-order valence-electron chi connectivity index (χ3n) is 3.41. The predicted octanol–water partition coefficient (Wildman–Crippen LogP) is 2.30. The highest BCUT2D eigenvalue weighted by Crippen LogP contribution is 2.32. The lowest BCUT2D eigenvalue weighted by atomic mass is 9.96. The number of nitrogens with two attached hydrogens (primary N) is 1. The topological polar surface area (TPSA) is 67.1 Å². The van der Waals surface area contributed by atoms with E-state index >= 15 is 0 Å². The number of nitrogens with one attached hydrogen (secondary N) is 1. The zero-order chi connectivity index (χ0) is 14.0. The van der Waals surface area contributed by atoms with Gasteiger partial charge in [-0.3, -0.25) is 0 Å². The fourth-order valence-corrected chi connectivity index (χ4v) is 2.00. The van der Waals surface area contributed by atoms with E-state index in [1.165, 1.54) is 12.8 Å². The van der Waals surface area contributed by atoms with Crippen LogP contribution in [-0.2, 0) is 5.41 Å². The van der Waals surface area contributed by atoms with Crippen molar-refractivity contribution in [3.8, 4) is 0 Å². The average molecular weight is 263 g/mol. The fourth-order valence-electron chi connectivity index (χ4n) is 2.00. The number of aromatic nitrogens is 2. The van der Waals surface area contributed by atoms with Crippen LogP contribution in [0.15, 0.2) is 6.07 Å². The molecular weight excluding hydrogens is 238 g/mol. The number of hydrogen-bond donors (Lipinski definition) is 2. The van der Waals surface area contributed by atoms with Crippen molar-refractivity contribution in [3.63, 3.8) is 0 Å². The van der Waals surface area contributed by atoms with E-state index in [0.717, 1.165) is 30.6 Å². The summed E-state index contributed by atoms with van der Waals surface area (Å²) in [7, 11) is 0. The maximum absolute atomic E-state index is 5.53. The van der Waals surface area contributed by atoms with E-state index in [1.54, 1.807) is 0 Å². The fraction of sp³-hybridized carbons (Fsp3) is 0.714. The molecule has 0 saturated heterocycles. The van der Waals surface area contributed by atoms with Gasteiger partial charge in [0.15, 0.2) is 0 Å². The molecule has 5 heteroatoms. The summed E-state index contributed by atoms with van der Waals surface area (Å²) >= 11 is 0. The Hall–Kier alpha value is -1.36. The molecule has 1 heterocycles. The van der Waals surface area contributed by atoms with Crippen molar-refractivity contribution in [2.24, 2.45) is 11.8 Å². The Labute approximate surface area is 115 Å². The quantitative estimate of drug-likeness (QED) is 0.630. The molecule has 5 nitrogen and oxygen atoms in total. The SMILES string of the molecule is CCN(CC1CC1)c1cc(NN)nc(C(C)(C)C)n1. The molecule has 3 N–H and O–H groups in total. The maximum Gasteiger partial charge on any atom is 0.145 e. The van der Waals surface area contributed by atoms with Gasteiger partial charge in [0, 0.05) is 24.6 Å². The second-order valence-corrected chi connectivity index (χ2v) is 6.31. The van der Waals surface area contributed by atoms with E-state index in [2.05, 4.69) is 43.0 Å². The van der Waals surface area contributed by atoms with E-state index in [9.17, 15) is 0 Å². The van der Waals surface area contributed by atoms with Gasteiger partial charge in [-0.2, -0.15) is 0 Å². The van der Waals surface area contributed by atoms with Crippen LogP contribution in [0.3, 0.4) is 0 Å². The average Bonchev–Trinajstić information content (AvgIpc) is 3.18. The van der Waals surface area contributed by atoms with Crippen LogP contribution in [0.25, 0.3) is 0 Å². The predicted molar refractivity (Wildman–Crippen MR) is 79.2 cm³/mol. The van der Waals surface area contributed by atoms with Gasteiger partial charge >= 0.3 is 0 Å². The van der Waals surface area contributed by atoms with Crippen molar-refractivity contribution in [3.05, 3.63) is 11.9 Å². The van der Waals surface area contributed by atoms with E-state index in [1.807, 2.05) is 6.07 Å². The molecule has 1 fully saturated rings. The normalized spacial score (nSPS) is 15.4. The lowest BCUT2D eigenvalue weighted by Gasteiger charge is -2.25. The van der Waals surface area contributed by atoms with Gasteiger partial charge in [0.1, 0.15) is 17.5 Å². The van der Waals surface area contributed by atoms with Crippen LogP contribution in [0, 0.1) is 5.92 Å². The summed E-state index contributed by atoms with van der Waals surface area (Å²) in [5.41, 5.74) is 2.57. The number of nitrogens with zero attached hydrogens (tertiary/aromatic N) is 3. The van der Waals surface area contributed by atoms with Crippen LogP contribution in [0.2, 0.25) is 0 Å². The van der Waals surface area contributed by atoms with Gasteiger partial charge in [-0.15, -0.1) is 0 Å². The van der Waals surface area contributed by atoms with Crippen molar-refractivity contribution in [1.82, 2.24) is 9.97 Å². The maximum atomic E-state index is 5.53. The van der Waals surface area contributed by atoms with Crippen molar-refractivity contribution in [1.29, 1.82) is 0 Å². The highest BCUT2D eigenvalue weighted by molar-refractivity contribution is 5.49. The largest absolute Gasteiger partial charge is 0.356 e. The van der Waals surface area contributed by atoms with E-state index in [0.29, 0.717) is 5.82 Å². The van der Waals surface area contributed by atoms with Gasteiger partial charge in [-0.05, 0) is 25.7 Å². The number of rotatable bonds is 5. The molecule has 0 bridgehead atoms. The molecule has 0 amide bonds. The Morgan fingerprint density at radius 1 is 1.37 bits per heavy atom. The number of hydrogen-bond acceptors (Lipinski definition) is 5. The molecule has 19 heavy (non-hydrogen) atoms. The number of hydrazine groups is 1. The summed E-state index contributed by atoms with van der Waals surface area (Å²) in [5.74, 6) is 8.85. The highest BCUT2D eigenvalue weighted by atomic mass is 15.3. The Morgan fingerprint density at radius 2 is 2.05 bits per heavy atom. The smallest absolute Gasteiger partial charge is 0.145 e. The second-order valence-electron chi connectivity index (χ2n) is 6.31. The van der Waals surface area contributed by atoms with Crippen molar-refractivity contribution < 1.29 is 0 Å². The number of anilines is 2. The molecule has 2 rings (SSSR count). The van der Waals surface area contributed by atoms with Crippen molar-refractivity contribution in [2.75, 3.05) is 23.4 Å². The van der Waals surface area contributed by atoms with Gasteiger partial charge in [-0.25, -0.2) is 15.8 Å². The molecule has 1 aromatic rings. The van der Waals surface area contributed by atoms with Crippen LogP contribution in [0.4, 0.5) is 11.6 Å². The first-order chi connectivity index (χ1) is 8.94. The van der Waals surface area contributed by atoms with Crippen LogP contribution in [0.1, 0.15) is 46.4 Å². The molecular formula is C14H25N5. The van der Waals surface area contributed by atoms with E-state index in [-0.39, 0.29) is 5.41 Å². The summed E-state index contributed by atoms with van der Waals surface area (Å²) in [6.07, 6.45) is 2.69. The molecule has 0 atom stereocenters. The van der Waals surface area contributed by atoms with Crippen LogP contribution in [-0.4, -0.2) is 23.1 Å². The van der Waals surface area contributed by atoms with Gasteiger partial charge in [0.2, 0.25) is 0 Å². The molecule has 0 unspecified atom stereocenters. The zero-order valence-electron chi connectivity index (χ0n) is 12.4. The summed E-state index contributed by atoms with van der Waals surface area (Å²) in [6.45, 7) is 10.6. The summed E-state index contributed by atoms with van der Waals surface area (Å²) < 4.78 is 0. The van der Waals surface area contributed by atoms with Crippen LogP contribution >= 0.6 is 0 Å². The molecule has 1 saturated carbocycles. The number of nitrogen functional groups attached to an aromatic ring is 1. The first kappa shape index (κ1) is 14.1. The molecule has 1 aromatic heterocycles. The molecule has 0 spiro atoms. The minimum atomic E-state index is -0.0827. The van der Waals surface area contributed by atoms with Crippen molar-refractivity contribution >= 4 is 11.6 Å². The Bertz CT molecular complexity index is 434. The van der Waals surface area contributed by atoms with Crippen molar-refractivity contribution in [2.45, 2.75) is 46.0 Å². The van der Waals surface area contributed by atoms with Gasteiger partial charge in [0.05, 0.1) is 0 Å². The standard InChI is InChI=1S/C14H25N5/c1-5-19(9-10-6-7-10)12-8-11(18-15)16-13(17-12)14(2,3)4/h8,10H,5-7,9,15H2,1-4H3,(H,16,17,18). The first-order valence-corrected chi connectivity index (χ1v) is 7.05. The zero-order valence-corrected chi connectivity index (χ0v) is 12.4. The summed E-state index contributed by atoms with van der Waals surface area (Å²) in [4.78, 5) is 11.5. The van der Waals surface area contributed by atoms with Gasteiger partial charge in [0.25, 0.3) is 0 Å². The molecule has 0 aromatic carbocycles. The minimum Gasteiger partial charge on any atom is -0.356 e. The summed E-state index contributed by atoms with van der Waals surface area (Å²) in [6, 6.07) is 1.93. The molecule has 0 aliphatic heterocycles. The van der Waals surface area contributed by atoms with Gasteiger partial charge in [-0.1, -0.05) is 20.8 Å². The van der Waals surface area contributed by atoms with Crippen LogP contribution < -0.4 is 16.2 Å². The molecule has 1 aliphatic carbocycles. The van der Waals surface area contributed by atoms with Gasteiger partial charge < -0.3 is 10.3 Å². The summed E-state index contributed by atoms with van der Waals surface area (Å²) in [5, 5.41) is 0. The van der Waals surface area contributed by atoms with E-state index in [4.69, 9.17) is 10.8 Å². The highest BCUT2D eigenvalue weighted by Gasteiger charge is 2.26. The first-order valence-electron chi connectivity index (χ1n) is 7.05. The minimum absolute atomic E-state index is 0.0827. The monoisotopic (exact) mass is 263 g/mol. The molecule has 1 aliphatic rings. The Morgan fingerprint density at radius 3 is 2.53 bits per heavy atom. The lowest BCUT2D eigenvalue weighted by molar-refractivity contribution is 0.544. The molecule has 0 radical (unpaired) electrons. The van der Waals surface area contributed by atoms with E-state index < -0.39 is 0 Å². The molecule has 106 valence electrons. The lowest BCUT2D eigenvalue weighted by Crippen LogP contribution is -2.28. The third kappa shape index (κ3) is 3.56. The Balaban J connectivity index is 2.31. The van der Waals surface area contributed by atoms with Crippen LogP contribution in [0.5, 0.6) is 0 Å². The Kier molecular flexibility index (Phi) is 3.94. The third-order valence-corrected chi connectivity index (χ3v) is 3.41.